The third kappa shape index (κ3) is 5.55. The normalized spacial score (nSPS) is 10.1. The number of ether oxygens (including phenoxy) is 1. The molecule has 0 aliphatic carbocycles. The van der Waals surface area contributed by atoms with E-state index in [2.05, 4.69) is 12.1 Å². The second-order valence-electron chi connectivity index (χ2n) is 5.94. The number of hydrogen-bond donors (Lipinski definition) is 0. The molecule has 142 valence electrons. The molecule has 0 saturated heterocycles. The molecule has 4 nitrogen and oxygen atoms in total. The molecule has 0 unspecified atom stereocenters. The van der Waals surface area contributed by atoms with Gasteiger partial charge in [0.05, 0.1) is 6.61 Å². The summed E-state index contributed by atoms with van der Waals surface area (Å²) < 4.78 is 11.1. The van der Waals surface area contributed by atoms with Gasteiger partial charge >= 0.3 is 0 Å². The summed E-state index contributed by atoms with van der Waals surface area (Å²) in [5, 5.41) is 4.13. The van der Waals surface area contributed by atoms with E-state index in [1.807, 2.05) is 56.3 Å². The summed E-state index contributed by atoms with van der Waals surface area (Å²) in [5.74, 6) is 1.61. The Morgan fingerprint density at radius 1 is 1.00 bits per heavy atom. The van der Waals surface area contributed by atoms with Crippen LogP contribution in [-0.4, -0.2) is 17.5 Å². The minimum atomic E-state index is 0.0497. The monoisotopic (exact) mass is 365 g/mol. The van der Waals surface area contributed by atoms with Crippen molar-refractivity contribution >= 4 is 5.78 Å². The van der Waals surface area contributed by atoms with Crippen LogP contribution in [0.1, 0.15) is 50.9 Å². The molecule has 0 aliphatic heterocycles. The van der Waals surface area contributed by atoms with E-state index in [1.54, 1.807) is 19.1 Å². The van der Waals surface area contributed by atoms with Crippen molar-refractivity contribution in [3.05, 3.63) is 60.2 Å². The molecule has 0 saturated carbocycles. The summed E-state index contributed by atoms with van der Waals surface area (Å²) in [6.45, 7) is 8.43. The van der Waals surface area contributed by atoms with E-state index in [1.165, 1.54) is 0 Å². The average Bonchev–Trinajstić information content (AvgIpc) is 3.20. The second-order valence-corrected chi connectivity index (χ2v) is 5.94. The Hall–Kier alpha value is -2.88. The Kier molecular flexibility index (Phi) is 7.80. The first-order valence-corrected chi connectivity index (χ1v) is 9.48. The first-order chi connectivity index (χ1) is 13.2. The number of Topliss-reactive ketones (excluding diaryl/α,β-unsaturated/α-hetero) is 1. The molecule has 27 heavy (non-hydrogen) atoms. The van der Waals surface area contributed by atoms with Gasteiger partial charge in [0.15, 0.2) is 11.5 Å². The summed E-state index contributed by atoms with van der Waals surface area (Å²) in [4.78, 5) is 11.3. The third-order valence-electron chi connectivity index (χ3n) is 4.00. The van der Waals surface area contributed by atoms with Crippen molar-refractivity contribution in [1.82, 2.24) is 5.16 Å². The SMILES string of the molecule is CC.CCCCOc1ccc(-c2cc(-c3ccc(C(C)=O)cc3)no2)cc1. The number of unbranched alkanes of at least 4 members (excludes halogenated alkanes) is 1. The van der Waals surface area contributed by atoms with Gasteiger partial charge in [-0.05, 0) is 37.6 Å². The van der Waals surface area contributed by atoms with Crippen LogP contribution in [0.3, 0.4) is 0 Å². The molecule has 3 aromatic rings. The van der Waals surface area contributed by atoms with E-state index in [0.29, 0.717) is 11.3 Å². The van der Waals surface area contributed by atoms with Gasteiger partial charge in [-0.1, -0.05) is 56.6 Å². The van der Waals surface area contributed by atoms with Gasteiger partial charge in [-0.2, -0.15) is 0 Å². The highest BCUT2D eigenvalue weighted by molar-refractivity contribution is 5.94. The van der Waals surface area contributed by atoms with Crippen LogP contribution in [0.4, 0.5) is 0 Å². The number of hydrogen-bond acceptors (Lipinski definition) is 4. The summed E-state index contributed by atoms with van der Waals surface area (Å²) >= 11 is 0. The number of nitrogens with zero attached hydrogens (tertiary/aromatic N) is 1. The van der Waals surface area contributed by atoms with E-state index < -0.39 is 0 Å². The maximum atomic E-state index is 11.3. The Morgan fingerprint density at radius 2 is 1.63 bits per heavy atom. The summed E-state index contributed by atoms with van der Waals surface area (Å²) in [6, 6.07) is 17.1. The Bertz CT molecular complexity index is 833. The lowest BCUT2D eigenvalue weighted by molar-refractivity contribution is 0.101. The van der Waals surface area contributed by atoms with E-state index in [0.717, 1.165) is 42.0 Å². The van der Waals surface area contributed by atoms with Crippen molar-refractivity contribution in [3.8, 4) is 28.3 Å². The zero-order valence-electron chi connectivity index (χ0n) is 16.5. The highest BCUT2D eigenvalue weighted by Crippen LogP contribution is 2.27. The van der Waals surface area contributed by atoms with Crippen LogP contribution in [0.2, 0.25) is 0 Å². The summed E-state index contributed by atoms with van der Waals surface area (Å²) in [5.41, 5.74) is 3.29. The van der Waals surface area contributed by atoms with Gasteiger partial charge in [0.25, 0.3) is 0 Å². The van der Waals surface area contributed by atoms with E-state index in [4.69, 9.17) is 9.26 Å². The Balaban J connectivity index is 0.00000126. The molecule has 0 bridgehead atoms. The fourth-order valence-corrected chi connectivity index (χ4v) is 2.47. The Morgan fingerprint density at radius 3 is 2.22 bits per heavy atom. The van der Waals surface area contributed by atoms with Crippen LogP contribution in [0.5, 0.6) is 5.75 Å². The molecular weight excluding hydrogens is 338 g/mol. The van der Waals surface area contributed by atoms with Crippen molar-refractivity contribution in [3.63, 3.8) is 0 Å². The first kappa shape index (κ1) is 20.4. The lowest BCUT2D eigenvalue weighted by atomic mass is 10.1. The molecule has 0 fully saturated rings. The van der Waals surface area contributed by atoms with Crippen molar-refractivity contribution in [2.75, 3.05) is 6.61 Å². The molecule has 1 heterocycles. The molecule has 0 N–H and O–H groups in total. The number of carbonyl (C=O) groups is 1. The fraction of sp³-hybridized carbons (Fsp3) is 0.304. The number of benzene rings is 2. The van der Waals surface area contributed by atoms with Crippen molar-refractivity contribution in [1.29, 1.82) is 0 Å². The Labute approximate surface area is 161 Å². The summed E-state index contributed by atoms with van der Waals surface area (Å²) in [6.07, 6.45) is 2.17. The highest BCUT2D eigenvalue weighted by Gasteiger charge is 2.09. The zero-order valence-corrected chi connectivity index (χ0v) is 16.5. The predicted octanol–water partition coefficient (Wildman–Crippen LogP) is 6.42. The predicted molar refractivity (Wildman–Crippen MR) is 109 cm³/mol. The number of aromatic nitrogens is 1. The standard InChI is InChI=1S/C21H21NO3.C2H6/c1-3-4-13-24-19-11-9-18(10-12-19)21-14-20(22-25-21)17-7-5-16(6-8-17)15(2)23;1-2/h5-12,14H,3-4,13H2,1-2H3;1-2H3. The van der Waals surface area contributed by atoms with Crippen molar-refractivity contribution < 1.29 is 14.1 Å². The van der Waals surface area contributed by atoms with Crippen molar-refractivity contribution in [2.45, 2.75) is 40.5 Å². The van der Waals surface area contributed by atoms with Gasteiger partial charge in [0.1, 0.15) is 11.4 Å². The lowest BCUT2D eigenvalue weighted by Gasteiger charge is -2.05. The fourth-order valence-electron chi connectivity index (χ4n) is 2.47. The van der Waals surface area contributed by atoms with Crippen LogP contribution in [-0.2, 0) is 0 Å². The van der Waals surface area contributed by atoms with Crippen LogP contribution in [0.15, 0.2) is 59.1 Å². The minimum absolute atomic E-state index is 0.0497. The van der Waals surface area contributed by atoms with Crippen LogP contribution < -0.4 is 4.74 Å². The molecule has 4 heteroatoms. The quantitative estimate of drug-likeness (QED) is 0.358. The molecular formula is C23H27NO3. The van der Waals surface area contributed by atoms with Crippen LogP contribution >= 0.6 is 0 Å². The highest BCUT2D eigenvalue weighted by atomic mass is 16.5. The van der Waals surface area contributed by atoms with Gasteiger partial charge < -0.3 is 9.26 Å². The van der Waals surface area contributed by atoms with Crippen molar-refractivity contribution in [2.24, 2.45) is 0 Å². The molecule has 0 radical (unpaired) electrons. The first-order valence-electron chi connectivity index (χ1n) is 9.48. The maximum absolute atomic E-state index is 11.3. The third-order valence-corrected chi connectivity index (χ3v) is 4.00. The van der Waals surface area contributed by atoms with Gasteiger partial charge in [-0.25, -0.2) is 0 Å². The van der Waals surface area contributed by atoms with Crippen LogP contribution in [0, 0.1) is 0 Å². The number of carbonyl (C=O) groups excluding carboxylic acids is 1. The topological polar surface area (TPSA) is 52.3 Å². The lowest BCUT2D eigenvalue weighted by Crippen LogP contribution is -1.95. The van der Waals surface area contributed by atoms with E-state index in [9.17, 15) is 4.79 Å². The molecule has 0 aliphatic rings. The zero-order chi connectivity index (χ0) is 19.6. The molecule has 0 amide bonds. The molecule has 0 spiro atoms. The van der Waals surface area contributed by atoms with E-state index in [-0.39, 0.29) is 5.78 Å². The maximum Gasteiger partial charge on any atom is 0.167 e. The molecule has 2 aromatic carbocycles. The second kappa shape index (κ2) is 10.3. The number of rotatable bonds is 7. The van der Waals surface area contributed by atoms with Crippen LogP contribution in [0.25, 0.3) is 22.6 Å². The number of ketones is 1. The van der Waals surface area contributed by atoms with Gasteiger partial charge in [-0.3, -0.25) is 4.79 Å². The largest absolute Gasteiger partial charge is 0.494 e. The van der Waals surface area contributed by atoms with E-state index >= 15 is 0 Å². The molecule has 1 aromatic heterocycles. The smallest absolute Gasteiger partial charge is 0.167 e. The minimum Gasteiger partial charge on any atom is -0.494 e. The summed E-state index contributed by atoms with van der Waals surface area (Å²) in [7, 11) is 0. The molecule has 3 rings (SSSR count). The van der Waals surface area contributed by atoms with Gasteiger partial charge in [-0.15, -0.1) is 0 Å². The molecule has 0 atom stereocenters. The average molecular weight is 365 g/mol. The van der Waals surface area contributed by atoms with Gasteiger partial charge in [0, 0.05) is 22.8 Å². The van der Waals surface area contributed by atoms with Gasteiger partial charge in [0.2, 0.25) is 0 Å².